The molecular weight excluding hydrogens is 214 g/mol. The topological polar surface area (TPSA) is 38.3 Å². The van der Waals surface area contributed by atoms with Crippen LogP contribution in [0, 0.1) is 0 Å². The molecule has 0 aromatic rings. The van der Waals surface area contributed by atoms with Crippen molar-refractivity contribution in [3.63, 3.8) is 0 Å². The number of carbonyl (C=O) groups is 1. The predicted molar refractivity (Wildman–Crippen MR) is 72.0 cm³/mol. The molecule has 0 heterocycles. The largest absolute Gasteiger partial charge is 0.444 e. The summed E-state index contributed by atoms with van der Waals surface area (Å²) in [5, 5.41) is 2.75. The second-order valence-electron chi connectivity index (χ2n) is 4.87. The van der Waals surface area contributed by atoms with Gasteiger partial charge in [-0.15, -0.1) is 0 Å². The molecular formula is C14H25NO2. The van der Waals surface area contributed by atoms with Crippen LogP contribution in [0.3, 0.4) is 0 Å². The lowest BCUT2D eigenvalue weighted by atomic mass is 10.1. The summed E-state index contributed by atoms with van der Waals surface area (Å²) in [5.74, 6) is 0. The van der Waals surface area contributed by atoms with Gasteiger partial charge in [0.25, 0.3) is 0 Å². The first kappa shape index (κ1) is 15.8. The summed E-state index contributed by atoms with van der Waals surface area (Å²) >= 11 is 0. The van der Waals surface area contributed by atoms with E-state index in [1.807, 2.05) is 33.8 Å². The number of alkyl carbamates (subject to hydrolysis) is 1. The van der Waals surface area contributed by atoms with E-state index in [2.05, 4.69) is 24.4 Å². The van der Waals surface area contributed by atoms with Gasteiger partial charge >= 0.3 is 6.09 Å². The maximum absolute atomic E-state index is 11.4. The Labute approximate surface area is 105 Å². The molecule has 3 heteroatoms. The predicted octanol–water partition coefficient (Wildman–Crippen LogP) is 3.81. The number of hydrogen-bond donors (Lipinski definition) is 1. The summed E-state index contributed by atoms with van der Waals surface area (Å²) in [4.78, 5) is 11.4. The van der Waals surface area contributed by atoms with Gasteiger partial charge in [0.1, 0.15) is 5.60 Å². The van der Waals surface area contributed by atoms with Gasteiger partial charge in [0, 0.05) is 6.54 Å². The van der Waals surface area contributed by atoms with E-state index >= 15 is 0 Å². The molecule has 0 aromatic carbocycles. The van der Waals surface area contributed by atoms with E-state index < -0.39 is 5.60 Å². The average Bonchev–Trinajstić information content (AvgIpc) is 2.15. The fourth-order valence-corrected chi connectivity index (χ4v) is 1.35. The molecule has 98 valence electrons. The van der Waals surface area contributed by atoms with E-state index in [1.54, 1.807) is 0 Å². The molecule has 0 aliphatic carbocycles. The molecule has 0 atom stereocenters. The second-order valence-corrected chi connectivity index (χ2v) is 4.87. The third kappa shape index (κ3) is 9.67. The first-order valence-electron chi connectivity index (χ1n) is 6.17. The molecule has 3 nitrogen and oxygen atoms in total. The third-order valence-corrected chi connectivity index (χ3v) is 1.93. The number of hydrogen-bond acceptors (Lipinski definition) is 2. The summed E-state index contributed by atoms with van der Waals surface area (Å²) in [7, 11) is 0. The highest BCUT2D eigenvalue weighted by molar-refractivity contribution is 5.67. The fraction of sp³-hybridized carbons (Fsp3) is 0.643. The number of nitrogens with one attached hydrogen (secondary N) is 1. The molecule has 17 heavy (non-hydrogen) atoms. The minimum Gasteiger partial charge on any atom is -0.444 e. The molecule has 0 radical (unpaired) electrons. The zero-order chi connectivity index (χ0) is 13.3. The quantitative estimate of drug-likeness (QED) is 0.741. The van der Waals surface area contributed by atoms with Crippen LogP contribution < -0.4 is 5.32 Å². The third-order valence-electron chi connectivity index (χ3n) is 1.93. The van der Waals surface area contributed by atoms with Gasteiger partial charge < -0.3 is 10.1 Å². The van der Waals surface area contributed by atoms with Gasteiger partial charge in [0.2, 0.25) is 0 Å². The van der Waals surface area contributed by atoms with Crippen molar-refractivity contribution in [1.29, 1.82) is 0 Å². The first-order chi connectivity index (χ1) is 7.89. The first-order valence-corrected chi connectivity index (χ1v) is 6.17. The molecule has 0 saturated heterocycles. The summed E-state index contributed by atoms with van der Waals surface area (Å²) in [6, 6.07) is 0. The van der Waals surface area contributed by atoms with Crippen LogP contribution in [0.5, 0.6) is 0 Å². The minimum atomic E-state index is -0.435. The van der Waals surface area contributed by atoms with Crippen LogP contribution in [-0.2, 0) is 4.74 Å². The van der Waals surface area contributed by atoms with Crippen LogP contribution in [0.25, 0.3) is 0 Å². The Kier molecular flexibility index (Phi) is 7.35. The van der Waals surface area contributed by atoms with Crippen molar-refractivity contribution in [2.24, 2.45) is 0 Å². The van der Waals surface area contributed by atoms with Crippen molar-refractivity contribution in [3.8, 4) is 0 Å². The maximum atomic E-state index is 11.4. The smallest absolute Gasteiger partial charge is 0.407 e. The van der Waals surface area contributed by atoms with Crippen LogP contribution in [0.2, 0.25) is 0 Å². The highest BCUT2D eigenvalue weighted by Crippen LogP contribution is 2.07. The van der Waals surface area contributed by atoms with Crippen LogP contribution in [0.4, 0.5) is 4.79 Å². The van der Waals surface area contributed by atoms with Gasteiger partial charge in [-0.3, -0.25) is 0 Å². The molecule has 1 amide bonds. The van der Waals surface area contributed by atoms with Gasteiger partial charge in [-0.05, 0) is 40.5 Å². The second kappa shape index (κ2) is 7.93. The van der Waals surface area contributed by atoms with Crippen molar-refractivity contribution in [2.75, 3.05) is 6.54 Å². The Balaban J connectivity index is 3.97. The van der Waals surface area contributed by atoms with E-state index in [0.29, 0.717) is 6.54 Å². The van der Waals surface area contributed by atoms with E-state index in [9.17, 15) is 4.79 Å². The van der Waals surface area contributed by atoms with E-state index in [-0.39, 0.29) is 6.09 Å². The molecule has 0 aliphatic rings. The van der Waals surface area contributed by atoms with Crippen LogP contribution in [-0.4, -0.2) is 18.2 Å². The monoisotopic (exact) mass is 239 g/mol. The normalized spacial score (nSPS) is 12.9. The number of carbonyl (C=O) groups excluding carboxylic acids is 1. The molecule has 0 rings (SSSR count). The van der Waals surface area contributed by atoms with Gasteiger partial charge in [-0.25, -0.2) is 4.79 Å². The summed E-state index contributed by atoms with van der Waals surface area (Å²) in [6.07, 6.45) is 7.73. The number of allylic oxidation sites excluding steroid dienone is 3. The summed E-state index contributed by atoms with van der Waals surface area (Å²) < 4.78 is 5.15. The number of amides is 1. The molecule has 0 bridgehead atoms. The Morgan fingerprint density at radius 1 is 1.35 bits per heavy atom. The molecule has 0 unspecified atom stereocenters. The highest BCUT2D eigenvalue weighted by atomic mass is 16.6. The SMILES string of the molecule is C/C=C\C(=C/CC)CCNC(=O)OC(C)(C)C. The van der Waals surface area contributed by atoms with E-state index in [4.69, 9.17) is 4.74 Å². The van der Waals surface area contributed by atoms with Crippen molar-refractivity contribution in [2.45, 2.75) is 53.1 Å². The minimum absolute atomic E-state index is 0.353. The van der Waals surface area contributed by atoms with Crippen LogP contribution >= 0.6 is 0 Å². The molecule has 0 spiro atoms. The lowest BCUT2D eigenvalue weighted by molar-refractivity contribution is 0.0528. The summed E-state index contributed by atoms with van der Waals surface area (Å²) in [5.41, 5.74) is 0.807. The van der Waals surface area contributed by atoms with Crippen molar-refractivity contribution in [1.82, 2.24) is 5.32 Å². The number of ether oxygens (including phenoxy) is 1. The Hall–Kier alpha value is -1.25. The van der Waals surface area contributed by atoms with E-state index in [1.165, 1.54) is 5.57 Å². The zero-order valence-electron chi connectivity index (χ0n) is 11.7. The fourth-order valence-electron chi connectivity index (χ4n) is 1.35. The Morgan fingerprint density at radius 2 is 2.00 bits per heavy atom. The highest BCUT2D eigenvalue weighted by Gasteiger charge is 2.15. The van der Waals surface area contributed by atoms with Crippen LogP contribution in [0.15, 0.2) is 23.8 Å². The van der Waals surface area contributed by atoms with Crippen molar-refractivity contribution in [3.05, 3.63) is 23.8 Å². The molecule has 0 aromatic heterocycles. The van der Waals surface area contributed by atoms with Crippen molar-refractivity contribution < 1.29 is 9.53 Å². The van der Waals surface area contributed by atoms with Gasteiger partial charge in [0.05, 0.1) is 0 Å². The van der Waals surface area contributed by atoms with Gasteiger partial charge in [0.15, 0.2) is 0 Å². The lowest BCUT2D eigenvalue weighted by Crippen LogP contribution is -2.33. The Morgan fingerprint density at radius 3 is 2.47 bits per heavy atom. The lowest BCUT2D eigenvalue weighted by Gasteiger charge is -2.19. The number of rotatable bonds is 5. The van der Waals surface area contributed by atoms with E-state index in [0.717, 1.165) is 12.8 Å². The molecule has 1 N–H and O–H groups in total. The zero-order valence-corrected chi connectivity index (χ0v) is 11.7. The average molecular weight is 239 g/mol. The van der Waals surface area contributed by atoms with Gasteiger partial charge in [-0.2, -0.15) is 0 Å². The molecule has 0 saturated carbocycles. The maximum Gasteiger partial charge on any atom is 0.407 e. The summed E-state index contributed by atoms with van der Waals surface area (Å²) in [6.45, 7) is 10.3. The Bertz CT molecular complexity index is 285. The van der Waals surface area contributed by atoms with Crippen LogP contribution in [0.1, 0.15) is 47.5 Å². The van der Waals surface area contributed by atoms with Gasteiger partial charge in [-0.1, -0.05) is 30.7 Å². The molecule has 0 aliphatic heterocycles. The molecule has 0 fully saturated rings. The standard InChI is InChI=1S/C14H25NO2/c1-6-8-12(9-7-2)10-11-15-13(16)17-14(3,4)5/h6,8-9H,7,10-11H2,1-5H3,(H,15,16)/b8-6-,12-9+. The van der Waals surface area contributed by atoms with Crippen molar-refractivity contribution >= 4 is 6.09 Å².